The highest BCUT2D eigenvalue weighted by Crippen LogP contribution is 2.24. The van der Waals surface area contributed by atoms with Crippen LogP contribution in [0.4, 0.5) is 5.82 Å². The molecule has 1 N–H and O–H groups in total. The van der Waals surface area contributed by atoms with Gasteiger partial charge in [-0.25, -0.2) is 9.97 Å². The van der Waals surface area contributed by atoms with Crippen LogP contribution in [0, 0.1) is 0 Å². The van der Waals surface area contributed by atoms with E-state index in [2.05, 4.69) is 14.9 Å². The van der Waals surface area contributed by atoms with Gasteiger partial charge in [0.2, 0.25) is 0 Å². The second-order valence-electron chi connectivity index (χ2n) is 4.63. The molecule has 0 amide bonds. The molecule has 1 atom stereocenters. The van der Waals surface area contributed by atoms with Gasteiger partial charge in [0.05, 0.1) is 12.6 Å². The van der Waals surface area contributed by atoms with Crippen molar-refractivity contribution in [2.45, 2.75) is 38.8 Å². The van der Waals surface area contributed by atoms with E-state index in [1.54, 1.807) is 6.07 Å². The number of halogens is 1. The second kappa shape index (κ2) is 7.03. The van der Waals surface area contributed by atoms with E-state index in [4.69, 9.17) is 16.3 Å². The average molecular weight is 286 g/mol. The van der Waals surface area contributed by atoms with Gasteiger partial charge in [-0.15, -0.1) is 0 Å². The Labute approximate surface area is 118 Å². The molecule has 1 aliphatic heterocycles. The Morgan fingerprint density at radius 3 is 3.05 bits per heavy atom. The molecule has 1 aliphatic rings. The van der Waals surface area contributed by atoms with Gasteiger partial charge in [0.25, 0.3) is 0 Å². The summed E-state index contributed by atoms with van der Waals surface area (Å²) in [6.45, 7) is 3.95. The summed E-state index contributed by atoms with van der Waals surface area (Å²) in [7, 11) is 0. The van der Waals surface area contributed by atoms with Crippen LogP contribution in [0.1, 0.15) is 32.0 Å². The van der Waals surface area contributed by atoms with Gasteiger partial charge >= 0.3 is 0 Å². The van der Waals surface area contributed by atoms with E-state index in [-0.39, 0.29) is 12.6 Å². The van der Waals surface area contributed by atoms with Gasteiger partial charge in [-0.05, 0) is 26.2 Å². The minimum Gasteiger partial charge on any atom is -0.394 e. The maximum Gasteiger partial charge on any atom is 0.158 e. The lowest BCUT2D eigenvalue weighted by Gasteiger charge is -2.35. The number of aromatic nitrogens is 2. The van der Waals surface area contributed by atoms with Crippen LogP contribution >= 0.6 is 11.6 Å². The number of piperidine rings is 1. The van der Waals surface area contributed by atoms with Crippen molar-refractivity contribution in [3.05, 3.63) is 17.0 Å². The van der Waals surface area contributed by atoms with Crippen LogP contribution in [0.25, 0.3) is 0 Å². The van der Waals surface area contributed by atoms with E-state index in [0.717, 1.165) is 31.6 Å². The molecule has 1 aromatic heterocycles. The minimum atomic E-state index is 0.125. The fourth-order valence-corrected chi connectivity index (χ4v) is 2.54. The molecule has 19 heavy (non-hydrogen) atoms. The molecule has 1 aromatic rings. The van der Waals surface area contributed by atoms with Gasteiger partial charge in [-0.2, -0.15) is 0 Å². The zero-order valence-electron chi connectivity index (χ0n) is 11.2. The van der Waals surface area contributed by atoms with Crippen LogP contribution in [-0.2, 0) is 11.3 Å². The first-order valence-corrected chi connectivity index (χ1v) is 7.11. The maximum atomic E-state index is 9.46. The minimum absolute atomic E-state index is 0.125. The molecule has 5 nitrogen and oxygen atoms in total. The third-order valence-electron chi connectivity index (χ3n) is 3.30. The molecule has 1 fully saturated rings. The van der Waals surface area contributed by atoms with E-state index in [0.29, 0.717) is 24.2 Å². The van der Waals surface area contributed by atoms with Gasteiger partial charge in [0.1, 0.15) is 17.6 Å². The predicted molar refractivity (Wildman–Crippen MR) is 74.4 cm³/mol. The molecule has 106 valence electrons. The Kier molecular flexibility index (Phi) is 5.36. The van der Waals surface area contributed by atoms with E-state index in [9.17, 15) is 5.11 Å². The van der Waals surface area contributed by atoms with Crippen molar-refractivity contribution < 1.29 is 9.84 Å². The first-order valence-electron chi connectivity index (χ1n) is 6.73. The quantitative estimate of drug-likeness (QED) is 0.839. The maximum absolute atomic E-state index is 9.46. The monoisotopic (exact) mass is 285 g/mol. The van der Waals surface area contributed by atoms with Crippen LogP contribution in [-0.4, -0.2) is 40.9 Å². The fourth-order valence-electron chi connectivity index (χ4n) is 2.35. The highest BCUT2D eigenvalue weighted by atomic mass is 35.5. The SMILES string of the molecule is CCOCc1nc(Cl)cc(N2CCCCC2CO)n1. The van der Waals surface area contributed by atoms with E-state index < -0.39 is 0 Å². The first-order chi connectivity index (χ1) is 9.24. The molecule has 2 rings (SSSR count). The molecule has 6 heteroatoms. The van der Waals surface area contributed by atoms with Gasteiger partial charge in [0, 0.05) is 19.2 Å². The Hall–Kier alpha value is -0.910. The number of hydrogen-bond acceptors (Lipinski definition) is 5. The third kappa shape index (κ3) is 3.78. The van der Waals surface area contributed by atoms with Crippen molar-refractivity contribution in [1.82, 2.24) is 9.97 Å². The summed E-state index contributed by atoms with van der Waals surface area (Å²) in [5.74, 6) is 1.38. The summed E-state index contributed by atoms with van der Waals surface area (Å²) < 4.78 is 5.32. The average Bonchev–Trinajstić information content (AvgIpc) is 2.44. The Balaban J connectivity index is 2.19. The first kappa shape index (κ1) is 14.5. The largest absolute Gasteiger partial charge is 0.394 e. The lowest BCUT2D eigenvalue weighted by molar-refractivity contribution is 0.128. The smallest absolute Gasteiger partial charge is 0.158 e. The molecule has 0 saturated carbocycles. The molecule has 0 radical (unpaired) electrons. The summed E-state index contributed by atoms with van der Waals surface area (Å²) in [5.41, 5.74) is 0. The van der Waals surface area contributed by atoms with Crippen LogP contribution in [0.3, 0.4) is 0 Å². The molecule has 0 spiro atoms. The van der Waals surface area contributed by atoms with Gasteiger partial charge in [0.15, 0.2) is 5.82 Å². The van der Waals surface area contributed by atoms with Crippen LogP contribution < -0.4 is 4.90 Å². The predicted octanol–water partition coefficient (Wildman–Crippen LogP) is 2.02. The lowest BCUT2D eigenvalue weighted by atomic mass is 10.0. The van der Waals surface area contributed by atoms with E-state index >= 15 is 0 Å². The topological polar surface area (TPSA) is 58.5 Å². The molecule has 1 unspecified atom stereocenters. The summed E-state index contributed by atoms with van der Waals surface area (Å²) in [4.78, 5) is 10.8. The van der Waals surface area contributed by atoms with E-state index in [1.807, 2.05) is 6.92 Å². The zero-order chi connectivity index (χ0) is 13.7. The fraction of sp³-hybridized carbons (Fsp3) is 0.692. The van der Waals surface area contributed by atoms with Gasteiger partial charge < -0.3 is 14.7 Å². The van der Waals surface area contributed by atoms with Crippen molar-refractivity contribution in [3.63, 3.8) is 0 Å². The molecular weight excluding hydrogens is 266 g/mol. The van der Waals surface area contributed by atoms with Crippen LogP contribution in [0.2, 0.25) is 5.15 Å². The van der Waals surface area contributed by atoms with Gasteiger partial charge in [-0.1, -0.05) is 11.6 Å². The highest BCUT2D eigenvalue weighted by Gasteiger charge is 2.23. The summed E-state index contributed by atoms with van der Waals surface area (Å²) in [5, 5.41) is 9.88. The normalized spacial score (nSPS) is 19.7. The lowest BCUT2D eigenvalue weighted by Crippen LogP contribution is -2.42. The summed E-state index contributed by atoms with van der Waals surface area (Å²) in [6, 6.07) is 1.88. The number of nitrogens with zero attached hydrogens (tertiary/aromatic N) is 3. The number of anilines is 1. The zero-order valence-corrected chi connectivity index (χ0v) is 11.9. The van der Waals surface area contributed by atoms with Gasteiger partial charge in [-0.3, -0.25) is 0 Å². The number of aliphatic hydroxyl groups excluding tert-OH is 1. The Morgan fingerprint density at radius 1 is 1.47 bits per heavy atom. The second-order valence-corrected chi connectivity index (χ2v) is 5.02. The van der Waals surface area contributed by atoms with Crippen molar-refractivity contribution in [2.24, 2.45) is 0 Å². The highest BCUT2D eigenvalue weighted by molar-refractivity contribution is 6.29. The van der Waals surface area contributed by atoms with Crippen LogP contribution in [0.15, 0.2) is 6.07 Å². The number of ether oxygens (including phenoxy) is 1. The Morgan fingerprint density at radius 2 is 2.32 bits per heavy atom. The summed E-state index contributed by atoms with van der Waals surface area (Å²) in [6.07, 6.45) is 3.24. The van der Waals surface area contributed by atoms with Crippen molar-refractivity contribution in [1.29, 1.82) is 0 Å². The molecule has 0 bridgehead atoms. The van der Waals surface area contributed by atoms with Crippen LogP contribution in [0.5, 0.6) is 0 Å². The third-order valence-corrected chi connectivity index (χ3v) is 3.49. The molecule has 1 saturated heterocycles. The molecule has 0 aliphatic carbocycles. The standard InChI is InChI=1S/C13H20ClN3O2/c1-2-19-9-12-15-11(14)7-13(16-12)17-6-4-3-5-10(17)8-18/h7,10,18H,2-6,8-9H2,1H3. The molecule has 0 aromatic carbocycles. The molecule has 2 heterocycles. The van der Waals surface area contributed by atoms with Crippen molar-refractivity contribution in [3.8, 4) is 0 Å². The number of rotatable bonds is 5. The summed E-state index contributed by atoms with van der Waals surface area (Å²) >= 11 is 6.04. The number of hydrogen-bond donors (Lipinski definition) is 1. The Bertz CT molecular complexity index is 417. The van der Waals surface area contributed by atoms with Crippen molar-refractivity contribution in [2.75, 3.05) is 24.7 Å². The number of aliphatic hydroxyl groups is 1. The van der Waals surface area contributed by atoms with Crippen molar-refractivity contribution >= 4 is 17.4 Å². The molecular formula is C13H20ClN3O2. The van der Waals surface area contributed by atoms with E-state index in [1.165, 1.54) is 0 Å².